The first-order valence-corrected chi connectivity index (χ1v) is 3.24. The second-order valence-corrected chi connectivity index (χ2v) is 2.42. The second-order valence-electron chi connectivity index (χ2n) is 2.42. The quantitative estimate of drug-likeness (QED) is 0.532. The van der Waals surface area contributed by atoms with Crippen LogP contribution in [0.2, 0.25) is 0 Å². The van der Waals surface area contributed by atoms with E-state index in [0.717, 1.165) is 0 Å². The number of aliphatic carboxylic acids is 1. The second kappa shape index (κ2) is 3.80. The first-order chi connectivity index (χ1) is 4.95. The highest BCUT2D eigenvalue weighted by molar-refractivity contribution is 5.74. The van der Waals surface area contributed by atoms with Crippen molar-refractivity contribution in [1.29, 1.82) is 0 Å². The minimum Gasteiger partial charge on any atom is -0.481 e. The summed E-state index contributed by atoms with van der Waals surface area (Å²) in [6.07, 6.45) is 0. The van der Waals surface area contributed by atoms with Crippen LogP contribution in [0.5, 0.6) is 0 Å². The Balaban J connectivity index is 3.92. The number of nitrogens with two attached hydrogens (primary N) is 1. The van der Waals surface area contributed by atoms with Gasteiger partial charge in [0.25, 0.3) is 0 Å². The van der Waals surface area contributed by atoms with Gasteiger partial charge in [0.1, 0.15) is 0 Å². The van der Waals surface area contributed by atoms with Gasteiger partial charge in [-0.1, -0.05) is 0 Å². The van der Waals surface area contributed by atoms with Crippen molar-refractivity contribution in [3.8, 4) is 0 Å². The van der Waals surface area contributed by atoms with E-state index in [0.29, 0.717) is 0 Å². The molecule has 4 N–H and O–H groups in total. The van der Waals surface area contributed by atoms with Gasteiger partial charge in [0.05, 0.1) is 5.92 Å². The number of carboxylic acid groups (broad SMARTS) is 1. The van der Waals surface area contributed by atoms with E-state index >= 15 is 0 Å². The van der Waals surface area contributed by atoms with E-state index in [1.54, 1.807) is 6.92 Å². The molecule has 0 fully saturated rings. The SMILES string of the molecule is C[C@H](NC(N)=O)[C@@H](C)C(=O)O. The number of hydrogen-bond acceptors (Lipinski definition) is 2. The van der Waals surface area contributed by atoms with E-state index in [1.807, 2.05) is 0 Å². The molecule has 5 heteroatoms. The highest BCUT2D eigenvalue weighted by Gasteiger charge is 2.19. The Bertz CT molecular complexity index is 169. The Morgan fingerprint density at radius 1 is 1.45 bits per heavy atom. The number of hydrogen-bond donors (Lipinski definition) is 3. The molecule has 0 heterocycles. The molecule has 0 aromatic carbocycles. The highest BCUT2D eigenvalue weighted by atomic mass is 16.4. The molecule has 0 rings (SSSR count). The third-order valence-electron chi connectivity index (χ3n) is 1.51. The molecular weight excluding hydrogens is 148 g/mol. The van der Waals surface area contributed by atoms with Crippen LogP contribution in [-0.4, -0.2) is 23.1 Å². The third-order valence-corrected chi connectivity index (χ3v) is 1.51. The number of amides is 2. The topological polar surface area (TPSA) is 92.4 Å². The lowest BCUT2D eigenvalue weighted by Gasteiger charge is -2.15. The van der Waals surface area contributed by atoms with Crippen molar-refractivity contribution in [2.75, 3.05) is 0 Å². The zero-order valence-corrected chi connectivity index (χ0v) is 6.50. The molecule has 0 aliphatic heterocycles. The maximum atomic E-state index is 10.3. The lowest BCUT2D eigenvalue weighted by molar-refractivity contribution is -0.141. The van der Waals surface area contributed by atoms with Crippen molar-refractivity contribution in [1.82, 2.24) is 5.32 Å². The van der Waals surface area contributed by atoms with Gasteiger partial charge in [-0.15, -0.1) is 0 Å². The first-order valence-electron chi connectivity index (χ1n) is 3.24. The van der Waals surface area contributed by atoms with Gasteiger partial charge in [-0.3, -0.25) is 4.79 Å². The maximum Gasteiger partial charge on any atom is 0.312 e. The summed E-state index contributed by atoms with van der Waals surface area (Å²) in [6, 6.07) is -1.14. The van der Waals surface area contributed by atoms with Crippen molar-refractivity contribution in [2.45, 2.75) is 19.9 Å². The van der Waals surface area contributed by atoms with Gasteiger partial charge in [-0.25, -0.2) is 4.79 Å². The molecule has 0 aliphatic rings. The maximum absolute atomic E-state index is 10.3. The van der Waals surface area contributed by atoms with Crippen LogP contribution in [0.3, 0.4) is 0 Å². The number of primary amides is 1. The van der Waals surface area contributed by atoms with Crippen molar-refractivity contribution in [3.63, 3.8) is 0 Å². The van der Waals surface area contributed by atoms with Crippen LogP contribution in [0.4, 0.5) is 4.79 Å². The van der Waals surface area contributed by atoms with Gasteiger partial charge in [-0.2, -0.15) is 0 Å². The summed E-state index contributed by atoms with van der Waals surface area (Å²) >= 11 is 0. The van der Waals surface area contributed by atoms with Crippen molar-refractivity contribution >= 4 is 12.0 Å². The summed E-state index contributed by atoms with van der Waals surface area (Å²) in [6.45, 7) is 3.09. The molecule has 0 aromatic rings. The van der Waals surface area contributed by atoms with Crippen LogP contribution < -0.4 is 11.1 Å². The Labute approximate surface area is 64.6 Å². The Morgan fingerprint density at radius 2 is 1.91 bits per heavy atom. The summed E-state index contributed by atoms with van der Waals surface area (Å²) in [7, 11) is 0. The van der Waals surface area contributed by atoms with Crippen LogP contribution in [-0.2, 0) is 4.79 Å². The molecule has 64 valence electrons. The zero-order valence-electron chi connectivity index (χ0n) is 6.50. The van der Waals surface area contributed by atoms with Gasteiger partial charge in [0.15, 0.2) is 0 Å². The normalized spacial score (nSPS) is 15.1. The van der Waals surface area contributed by atoms with E-state index in [-0.39, 0.29) is 0 Å². The molecule has 0 spiro atoms. The Kier molecular flexibility index (Phi) is 3.36. The minimum absolute atomic E-state index is 0.440. The standard InChI is InChI=1S/C6H12N2O3/c1-3(5(9)10)4(2)8-6(7)11/h3-4H,1-2H3,(H,9,10)(H3,7,8,11)/t3-,4+/m1/s1. The van der Waals surface area contributed by atoms with Crippen LogP contribution >= 0.6 is 0 Å². The number of carboxylic acids is 1. The van der Waals surface area contributed by atoms with Gasteiger partial charge >= 0.3 is 12.0 Å². The average Bonchev–Trinajstić information content (AvgIpc) is 1.84. The number of carbonyl (C=O) groups is 2. The van der Waals surface area contributed by atoms with Crippen LogP contribution in [0.15, 0.2) is 0 Å². The van der Waals surface area contributed by atoms with Crippen molar-refractivity contribution in [3.05, 3.63) is 0 Å². The predicted octanol–water partition coefficient (Wildman–Crippen LogP) is -0.236. The van der Waals surface area contributed by atoms with Crippen LogP contribution in [0, 0.1) is 5.92 Å². The summed E-state index contributed by atoms with van der Waals surface area (Å²) in [5, 5.41) is 10.8. The third kappa shape index (κ3) is 3.44. The van der Waals surface area contributed by atoms with Crippen molar-refractivity contribution in [2.24, 2.45) is 11.7 Å². The molecule has 0 aliphatic carbocycles. The molecule has 0 unspecified atom stereocenters. The van der Waals surface area contributed by atoms with Gasteiger partial charge in [0, 0.05) is 6.04 Å². The van der Waals surface area contributed by atoms with E-state index in [4.69, 9.17) is 10.8 Å². The number of rotatable bonds is 3. The number of carbonyl (C=O) groups excluding carboxylic acids is 1. The monoisotopic (exact) mass is 160 g/mol. The molecule has 0 saturated carbocycles. The highest BCUT2D eigenvalue weighted by Crippen LogP contribution is 2.01. The van der Waals surface area contributed by atoms with Crippen LogP contribution in [0.1, 0.15) is 13.8 Å². The molecule has 11 heavy (non-hydrogen) atoms. The fraction of sp³-hybridized carbons (Fsp3) is 0.667. The van der Waals surface area contributed by atoms with E-state index in [9.17, 15) is 9.59 Å². The van der Waals surface area contributed by atoms with E-state index in [1.165, 1.54) is 6.92 Å². The molecule has 0 aromatic heterocycles. The average molecular weight is 160 g/mol. The molecule has 0 saturated heterocycles. The first kappa shape index (κ1) is 9.74. The van der Waals surface area contributed by atoms with Gasteiger partial charge in [-0.05, 0) is 13.8 Å². The molecule has 5 nitrogen and oxygen atoms in total. The fourth-order valence-electron chi connectivity index (χ4n) is 0.563. The summed E-state index contributed by atoms with van der Waals surface area (Å²) in [5.41, 5.74) is 4.79. The molecule has 2 atom stereocenters. The lowest BCUT2D eigenvalue weighted by atomic mass is 10.1. The molecule has 0 radical (unpaired) electrons. The van der Waals surface area contributed by atoms with E-state index in [2.05, 4.69) is 5.32 Å². The fourth-order valence-corrected chi connectivity index (χ4v) is 0.563. The van der Waals surface area contributed by atoms with Crippen LogP contribution in [0.25, 0.3) is 0 Å². The smallest absolute Gasteiger partial charge is 0.312 e. The Hall–Kier alpha value is -1.26. The summed E-state index contributed by atoms with van der Waals surface area (Å²) in [4.78, 5) is 20.6. The van der Waals surface area contributed by atoms with Gasteiger partial charge < -0.3 is 16.2 Å². The molecule has 0 bridgehead atoms. The Morgan fingerprint density at radius 3 is 2.18 bits per heavy atom. The summed E-state index contributed by atoms with van der Waals surface area (Å²) < 4.78 is 0. The van der Waals surface area contributed by atoms with Crippen molar-refractivity contribution < 1.29 is 14.7 Å². The molecular formula is C6H12N2O3. The molecule has 2 amide bonds. The number of urea groups is 1. The number of nitrogens with one attached hydrogen (secondary N) is 1. The predicted molar refractivity (Wildman–Crippen MR) is 39.0 cm³/mol. The minimum atomic E-state index is -0.953. The lowest BCUT2D eigenvalue weighted by Crippen LogP contribution is -2.42. The van der Waals surface area contributed by atoms with Gasteiger partial charge in [0.2, 0.25) is 0 Å². The van der Waals surface area contributed by atoms with E-state index < -0.39 is 24.0 Å². The largest absolute Gasteiger partial charge is 0.481 e. The zero-order chi connectivity index (χ0) is 9.02. The summed E-state index contributed by atoms with van der Waals surface area (Å²) in [5.74, 6) is -1.58.